The molecule has 1 aromatic rings. The molecule has 0 aromatic carbocycles. The van der Waals surface area contributed by atoms with Crippen LogP contribution in [-0.2, 0) is 10.3 Å². The van der Waals surface area contributed by atoms with Crippen molar-refractivity contribution in [2.24, 2.45) is 0 Å². The Labute approximate surface area is 94.8 Å². The summed E-state index contributed by atoms with van der Waals surface area (Å²) in [5.41, 5.74) is 2.11. The average Bonchev–Trinajstić information content (AvgIpc) is 2.72. The lowest BCUT2D eigenvalue weighted by molar-refractivity contribution is 0.0695. The Bertz CT molecular complexity index is 428. The highest BCUT2D eigenvalue weighted by molar-refractivity contribution is 5.89. The molecule has 4 heteroatoms. The van der Waals surface area contributed by atoms with Gasteiger partial charge in [0.1, 0.15) is 0 Å². The summed E-state index contributed by atoms with van der Waals surface area (Å²) in [6, 6.07) is 1.74. The summed E-state index contributed by atoms with van der Waals surface area (Å²) in [5.74, 6) is -0.859. The van der Waals surface area contributed by atoms with Crippen molar-refractivity contribution in [3.05, 3.63) is 23.0 Å². The number of carbonyl (C=O) groups is 1. The van der Waals surface area contributed by atoms with Crippen molar-refractivity contribution in [2.45, 2.75) is 32.7 Å². The molecule has 1 fully saturated rings. The number of aromatic nitrogens is 1. The molecule has 0 saturated carbocycles. The molecule has 1 N–H and O–H groups in total. The molecule has 0 radical (unpaired) electrons. The van der Waals surface area contributed by atoms with Gasteiger partial charge in [-0.25, -0.2) is 4.79 Å². The molecule has 1 aliphatic heterocycles. The summed E-state index contributed by atoms with van der Waals surface area (Å²) < 4.78 is 7.53. The van der Waals surface area contributed by atoms with E-state index >= 15 is 0 Å². The van der Waals surface area contributed by atoms with Crippen molar-refractivity contribution >= 4 is 5.97 Å². The number of nitrogens with zero attached hydrogens (tertiary/aromatic N) is 1. The summed E-state index contributed by atoms with van der Waals surface area (Å²) in [5, 5.41) is 9.09. The minimum atomic E-state index is -0.859. The number of aryl methyl sites for hydroxylation is 1. The normalized spacial score (nSPS) is 24.9. The third-order valence-corrected chi connectivity index (χ3v) is 3.40. The first kappa shape index (κ1) is 11.2. The maximum atomic E-state index is 11.1. The second-order valence-electron chi connectivity index (χ2n) is 4.72. The molecule has 16 heavy (non-hydrogen) atoms. The van der Waals surface area contributed by atoms with Gasteiger partial charge in [-0.05, 0) is 33.3 Å². The molecule has 1 unspecified atom stereocenters. The minimum absolute atomic E-state index is 0.0954. The highest BCUT2D eigenvalue weighted by Gasteiger charge is 2.34. The van der Waals surface area contributed by atoms with Crippen molar-refractivity contribution in [2.75, 3.05) is 13.2 Å². The van der Waals surface area contributed by atoms with Gasteiger partial charge in [-0.3, -0.25) is 0 Å². The largest absolute Gasteiger partial charge is 0.478 e. The van der Waals surface area contributed by atoms with Crippen LogP contribution in [0.1, 0.15) is 35.1 Å². The molecule has 2 rings (SSSR count). The van der Waals surface area contributed by atoms with E-state index in [0.717, 1.165) is 24.4 Å². The fourth-order valence-electron chi connectivity index (χ4n) is 2.64. The van der Waals surface area contributed by atoms with Crippen LogP contribution in [0.4, 0.5) is 0 Å². The van der Waals surface area contributed by atoms with Crippen LogP contribution in [0.5, 0.6) is 0 Å². The molecule has 4 nitrogen and oxygen atoms in total. The van der Waals surface area contributed by atoms with Gasteiger partial charge in [-0.2, -0.15) is 0 Å². The first-order valence-corrected chi connectivity index (χ1v) is 5.46. The molecule has 0 spiro atoms. The number of carboxylic acids is 1. The van der Waals surface area contributed by atoms with E-state index in [9.17, 15) is 4.79 Å². The van der Waals surface area contributed by atoms with Gasteiger partial charge in [-0.15, -0.1) is 0 Å². The van der Waals surface area contributed by atoms with Crippen LogP contribution >= 0.6 is 0 Å². The first-order chi connectivity index (χ1) is 7.46. The summed E-state index contributed by atoms with van der Waals surface area (Å²) >= 11 is 0. The zero-order valence-electron chi connectivity index (χ0n) is 9.91. The summed E-state index contributed by atoms with van der Waals surface area (Å²) in [4.78, 5) is 11.1. The van der Waals surface area contributed by atoms with Gasteiger partial charge in [0, 0.05) is 18.0 Å². The first-order valence-electron chi connectivity index (χ1n) is 5.46. The lowest BCUT2D eigenvalue weighted by Crippen LogP contribution is -2.32. The quantitative estimate of drug-likeness (QED) is 0.833. The maximum Gasteiger partial charge on any atom is 0.337 e. The highest BCUT2D eigenvalue weighted by Crippen LogP contribution is 2.31. The van der Waals surface area contributed by atoms with E-state index in [1.165, 1.54) is 0 Å². The Hall–Kier alpha value is -1.29. The van der Waals surface area contributed by atoms with Gasteiger partial charge >= 0.3 is 5.97 Å². The molecule has 0 bridgehead atoms. The van der Waals surface area contributed by atoms with E-state index in [1.807, 2.05) is 13.8 Å². The maximum absolute atomic E-state index is 11.1. The van der Waals surface area contributed by atoms with E-state index in [1.54, 1.807) is 6.07 Å². The van der Waals surface area contributed by atoms with E-state index in [0.29, 0.717) is 12.2 Å². The van der Waals surface area contributed by atoms with E-state index < -0.39 is 5.97 Å². The Morgan fingerprint density at radius 3 is 2.69 bits per heavy atom. The van der Waals surface area contributed by atoms with Crippen LogP contribution in [0.2, 0.25) is 0 Å². The number of hydrogen-bond acceptors (Lipinski definition) is 2. The van der Waals surface area contributed by atoms with Crippen LogP contribution in [0, 0.1) is 13.8 Å². The second kappa shape index (κ2) is 3.63. The zero-order chi connectivity index (χ0) is 11.9. The molecule has 1 saturated heterocycles. The second-order valence-corrected chi connectivity index (χ2v) is 4.72. The molecule has 1 aliphatic rings. The van der Waals surface area contributed by atoms with Crippen molar-refractivity contribution in [1.29, 1.82) is 0 Å². The fraction of sp³-hybridized carbons (Fsp3) is 0.583. The van der Waals surface area contributed by atoms with Gasteiger partial charge in [0.25, 0.3) is 0 Å². The zero-order valence-corrected chi connectivity index (χ0v) is 9.91. The van der Waals surface area contributed by atoms with Crippen molar-refractivity contribution in [3.63, 3.8) is 0 Å². The highest BCUT2D eigenvalue weighted by atomic mass is 16.5. The Morgan fingerprint density at radius 1 is 1.56 bits per heavy atom. The topological polar surface area (TPSA) is 51.5 Å². The summed E-state index contributed by atoms with van der Waals surface area (Å²) in [6.45, 7) is 7.33. The predicted molar refractivity (Wildman–Crippen MR) is 59.9 cm³/mol. The van der Waals surface area contributed by atoms with E-state index in [4.69, 9.17) is 9.84 Å². The molecule has 1 atom stereocenters. The molecular weight excluding hydrogens is 206 g/mol. The van der Waals surface area contributed by atoms with Gasteiger partial charge < -0.3 is 14.4 Å². The van der Waals surface area contributed by atoms with Crippen molar-refractivity contribution < 1.29 is 14.6 Å². The number of rotatable bonds is 2. The number of hydrogen-bond donors (Lipinski definition) is 1. The van der Waals surface area contributed by atoms with Crippen LogP contribution < -0.4 is 0 Å². The lowest BCUT2D eigenvalue weighted by atomic mass is 10.0. The fourth-order valence-corrected chi connectivity index (χ4v) is 2.64. The summed E-state index contributed by atoms with van der Waals surface area (Å²) in [6.07, 6.45) is 0.933. The van der Waals surface area contributed by atoms with Crippen LogP contribution in [0.15, 0.2) is 6.07 Å². The third-order valence-electron chi connectivity index (χ3n) is 3.40. The average molecular weight is 223 g/mol. The van der Waals surface area contributed by atoms with Gasteiger partial charge in [0.05, 0.1) is 17.7 Å². The molecule has 0 amide bonds. The van der Waals surface area contributed by atoms with Gasteiger partial charge in [0.2, 0.25) is 0 Å². The number of ether oxygens (including phenoxy) is 1. The molecule has 2 heterocycles. The Kier molecular flexibility index (Phi) is 2.54. The van der Waals surface area contributed by atoms with Crippen molar-refractivity contribution in [3.8, 4) is 0 Å². The third kappa shape index (κ3) is 1.53. The number of carboxylic acid groups (broad SMARTS) is 1. The monoisotopic (exact) mass is 223 g/mol. The smallest absolute Gasteiger partial charge is 0.337 e. The van der Waals surface area contributed by atoms with E-state index in [-0.39, 0.29) is 5.54 Å². The van der Waals surface area contributed by atoms with Crippen molar-refractivity contribution in [1.82, 2.24) is 4.57 Å². The molecule has 0 aliphatic carbocycles. The number of aromatic carboxylic acids is 1. The Morgan fingerprint density at radius 2 is 2.25 bits per heavy atom. The van der Waals surface area contributed by atoms with Crippen LogP contribution in [0.3, 0.4) is 0 Å². The standard InChI is InChI=1S/C12H17NO3/c1-8-6-10(11(14)15)9(2)13(8)12(3)4-5-16-7-12/h6H,4-5,7H2,1-3H3,(H,14,15). The minimum Gasteiger partial charge on any atom is -0.478 e. The predicted octanol–water partition coefficient (Wildman–Crippen LogP) is 1.94. The SMILES string of the molecule is Cc1cc(C(=O)O)c(C)n1C1(C)CCOC1. The van der Waals surface area contributed by atoms with Gasteiger partial charge in [0.15, 0.2) is 0 Å². The molecule has 88 valence electrons. The summed E-state index contributed by atoms with van der Waals surface area (Å²) in [7, 11) is 0. The molecular formula is C12H17NO3. The lowest BCUT2D eigenvalue weighted by Gasteiger charge is -2.28. The van der Waals surface area contributed by atoms with Gasteiger partial charge in [-0.1, -0.05) is 0 Å². The Balaban J connectivity index is 2.52. The van der Waals surface area contributed by atoms with Crippen LogP contribution in [0.25, 0.3) is 0 Å². The molecule has 1 aromatic heterocycles. The van der Waals surface area contributed by atoms with Crippen LogP contribution in [-0.4, -0.2) is 28.9 Å². The van der Waals surface area contributed by atoms with E-state index in [2.05, 4.69) is 11.5 Å².